The van der Waals surface area contributed by atoms with Crippen LogP contribution in [0.2, 0.25) is 5.15 Å². The first kappa shape index (κ1) is 14.8. The molecule has 0 saturated carbocycles. The molecule has 0 atom stereocenters. The summed E-state index contributed by atoms with van der Waals surface area (Å²) in [6, 6.07) is 0. The van der Waals surface area contributed by atoms with Crippen molar-refractivity contribution < 1.29 is 8.42 Å². The van der Waals surface area contributed by atoms with Crippen molar-refractivity contribution in [1.82, 2.24) is 9.78 Å². The van der Waals surface area contributed by atoms with Crippen LogP contribution < -0.4 is 0 Å². The van der Waals surface area contributed by atoms with Crippen molar-refractivity contribution in [2.45, 2.75) is 51.0 Å². The predicted molar refractivity (Wildman–Crippen MR) is 69.3 cm³/mol. The Morgan fingerprint density at radius 1 is 1.35 bits per heavy atom. The minimum Gasteiger partial charge on any atom is -0.252 e. The Hall–Kier alpha value is -0.260. The van der Waals surface area contributed by atoms with E-state index in [1.54, 1.807) is 0 Å². The van der Waals surface area contributed by atoms with Crippen LogP contribution in [0.25, 0.3) is 0 Å². The molecule has 0 aromatic carbocycles. The molecule has 1 rings (SSSR count). The lowest BCUT2D eigenvalue weighted by atomic mass is 9.92. The van der Waals surface area contributed by atoms with Gasteiger partial charge in [0.2, 0.25) is 0 Å². The van der Waals surface area contributed by atoms with Crippen LogP contribution in [-0.4, -0.2) is 18.2 Å². The quantitative estimate of drug-likeness (QED) is 0.806. The van der Waals surface area contributed by atoms with Crippen LogP contribution in [0.15, 0.2) is 4.90 Å². The molecule has 4 nitrogen and oxygen atoms in total. The lowest BCUT2D eigenvalue weighted by Gasteiger charge is -2.16. The fourth-order valence-corrected chi connectivity index (χ4v) is 3.45. The topological polar surface area (TPSA) is 52.0 Å². The maximum absolute atomic E-state index is 11.6. The van der Waals surface area contributed by atoms with E-state index in [4.69, 9.17) is 22.3 Å². The maximum atomic E-state index is 11.6. The van der Waals surface area contributed by atoms with E-state index < -0.39 is 14.5 Å². The van der Waals surface area contributed by atoms with Gasteiger partial charge in [-0.3, -0.25) is 4.68 Å². The van der Waals surface area contributed by atoms with Gasteiger partial charge in [0.1, 0.15) is 10.0 Å². The van der Waals surface area contributed by atoms with E-state index in [-0.39, 0.29) is 10.0 Å². The number of aryl methyl sites for hydroxylation is 1. The standard InChI is InChI=1S/C10H16Cl2N2O2S/c1-5-6-14-9(11)7(17(12,15)16)8(13-14)10(2,3)4/h5-6H2,1-4H3. The van der Waals surface area contributed by atoms with Gasteiger partial charge < -0.3 is 0 Å². The number of aromatic nitrogens is 2. The first-order chi connectivity index (χ1) is 7.59. The van der Waals surface area contributed by atoms with Gasteiger partial charge in [0, 0.05) is 22.6 Å². The zero-order valence-corrected chi connectivity index (χ0v) is 12.6. The second-order valence-corrected chi connectivity index (χ2v) is 7.74. The zero-order chi connectivity index (χ0) is 13.4. The van der Waals surface area contributed by atoms with Crippen LogP contribution in [0.4, 0.5) is 0 Å². The predicted octanol–water partition coefficient (Wildman–Crippen LogP) is 3.17. The maximum Gasteiger partial charge on any atom is 0.266 e. The highest BCUT2D eigenvalue weighted by atomic mass is 35.7. The zero-order valence-electron chi connectivity index (χ0n) is 10.3. The highest BCUT2D eigenvalue weighted by Crippen LogP contribution is 2.35. The first-order valence-electron chi connectivity index (χ1n) is 5.30. The number of halogens is 2. The Labute approximate surface area is 111 Å². The number of hydrogen-bond donors (Lipinski definition) is 0. The molecular weight excluding hydrogens is 283 g/mol. The second kappa shape index (κ2) is 4.78. The normalized spacial score (nSPS) is 13.1. The third kappa shape index (κ3) is 3.14. The monoisotopic (exact) mass is 298 g/mol. The summed E-state index contributed by atoms with van der Waals surface area (Å²) in [6.45, 7) is 8.13. The van der Waals surface area contributed by atoms with Gasteiger partial charge >= 0.3 is 0 Å². The van der Waals surface area contributed by atoms with Crippen molar-refractivity contribution >= 4 is 31.3 Å². The van der Waals surface area contributed by atoms with Crippen LogP contribution in [0, 0.1) is 0 Å². The van der Waals surface area contributed by atoms with Crippen LogP contribution in [0.5, 0.6) is 0 Å². The van der Waals surface area contributed by atoms with Crippen molar-refractivity contribution in [3.05, 3.63) is 10.8 Å². The Kier molecular flexibility index (Phi) is 4.16. The Balaban J connectivity index is 3.55. The molecular formula is C10H16Cl2N2O2S. The van der Waals surface area contributed by atoms with Crippen molar-refractivity contribution in [3.8, 4) is 0 Å². The molecule has 0 spiro atoms. The Bertz CT molecular complexity index is 515. The third-order valence-electron chi connectivity index (χ3n) is 2.24. The summed E-state index contributed by atoms with van der Waals surface area (Å²) in [5.41, 5.74) is -0.0223. The lowest BCUT2D eigenvalue weighted by Crippen LogP contribution is -2.15. The van der Waals surface area contributed by atoms with Gasteiger partial charge in [-0.2, -0.15) is 5.10 Å². The van der Waals surface area contributed by atoms with Crippen molar-refractivity contribution in [2.24, 2.45) is 0 Å². The van der Waals surface area contributed by atoms with Gasteiger partial charge in [-0.05, 0) is 6.42 Å². The van der Waals surface area contributed by atoms with Crippen LogP contribution >= 0.6 is 22.3 Å². The molecule has 0 aliphatic heterocycles. The Morgan fingerprint density at radius 3 is 2.18 bits per heavy atom. The highest BCUT2D eigenvalue weighted by molar-refractivity contribution is 8.13. The fraction of sp³-hybridized carbons (Fsp3) is 0.700. The highest BCUT2D eigenvalue weighted by Gasteiger charge is 2.32. The van der Waals surface area contributed by atoms with E-state index in [9.17, 15) is 8.42 Å². The van der Waals surface area contributed by atoms with E-state index in [0.29, 0.717) is 12.2 Å². The van der Waals surface area contributed by atoms with Gasteiger partial charge in [0.25, 0.3) is 9.05 Å². The summed E-state index contributed by atoms with van der Waals surface area (Å²) in [4.78, 5) is -0.0678. The average molecular weight is 299 g/mol. The summed E-state index contributed by atoms with van der Waals surface area (Å²) in [5.74, 6) is 0. The molecule has 1 aromatic heterocycles. The molecule has 17 heavy (non-hydrogen) atoms. The molecule has 1 heterocycles. The SMILES string of the molecule is CCCn1nc(C(C)(C)C)c(S(=O)(=O)Cl)c1Cl. The minimum atomic E-state index is -3.89. The summed E-state index contributed by atoms with van der Waals surface area (Å²) in [5, 5.41) is 4.35. The minimum absolute atomic E-state index is 0.0678. The molecule has 0 aliphatic carbocycles. The number of nitrogens with zero attached hydrogens (tertiary/aromatic N) is 2. The molecule has 1 aromatic rings. The van der Waals surface area contributed by atoms with Crippen LogP contribution in [0.1, 0.15) is 39.8 Å². The lowest BCUT2D eigenvalue weighted by molar-refractivity contribution is 0.522. The molecule has 0 bridgehead atoms. The summed E-state index contributed by atoms with van der Waals surface area (Å²) >= 11 is 6.04. The van der Waals surface area contributed by atoms with Crippen LogP contribution in [-0.2, 0) is 21.0 Å². The number of rotatable bonds is 3. The van der Waals surface area contributed by atoms with Crippen molar-refractivity contribution in [3.63, 3.8) is 0 Å². The first-order valence-corrected chi connectivity index (χ1v) is 7.99. The van der Waals surface area contributed by atoms with Gasteiger partial charge in [0.05, 0.1) is 5.69 Å². The summed E-state index contributed by atoms with van der Waals surface area (Å²) in [7, 11) is 1.54. The van der Waals surface area contributed by atoms with E-state index in [2.05, 4.69) is 5.10 Å². The van der Waals surface area contributed by atoms with Crippen molar-refractivity contribution in [2.75, 3.05) is 0 Å². The molecule has 0 N–H and O–H groups in total. The molecule has 0 aliphatic rings. The molecule has 98 valence electrons. The van der Waals surface area contributed by atoms with Gasteiger partial charge in [-0.25, -0.2) is 8.42 Å². The van der Waals surface area contributed by atoms with E-state index in [1.165, 1.54) is 4.68 Å². The number of hydrogen-bond acceptors (Lipinski definition) is 3. The second-order valence-electron chi connectivity index (χ2n) is 4.88. The largest absolute Gasteiger partial charge is 0.266 e. The molecule has 0 fully saturated rings. The van der Waals surface area contributed by atoms with Crippen molar-refractivity contribution in [1.29, 1.82) is 0 Å². The molecule has 0 unspecified atom stereocenters. The van der Waals surface area contributed by atoms with E-state index in [0.717, 1.165) is 6.42 Å². The molecule has 0 radical (unpaired) electrons. The Morgan fingerprint density at radius 2 is 1.88 bits per heavy atom. The summed E-state index contributed by atoms with van der Waals surface area (Å²) in [6.07, 6.45) is 0.812. The molecule has 0 saturated heterocycles. The third-order valence-corrected chi connectivity index (χ3v) is 4.07. The molecule has 7 heteroatoms. The van der Waals surface area contributed by atoms with Gasteiger partial charge in [-0.15, -0.1) is 0 Å². The van der Waals surface area contributed by atoms with Gasteiger partial charge in [-0.1, -0.05) is 39.3 Å². The summed E-state index contributed by atoms with van der Waals surface area (Å²) < 4.78 is 24.6. The molecule has 0 amide bonds. The van der Waals surface area contributed by atoms with E-state index >= 15 is 0 Å². The smallest absolute Gasteiger partial charge is 0.252 e. The van der Waals surface area contributed by atoms with E-state index in [1.807, 2.05) is 27.7 Å². The average Bonchev–Trinajstić information content (AvgIpc) is 2.43. The van der Waals surface area contributed by atoms with Crippen LogP contribution in [0.3, 0.4) is 0 Å². The fourth-order valence-electron chi connectivity index (χ4n) is 1.49. The van der Waals surface area contributed by atoms with Gasteiger partial charge in [0.15, 0.2) is 0 Å².